The summed E-state index contributed by atoms with van der Waals surface area (Å²) in [6, 6.07) is 21.3. The van der Waals surface area contributed by atoms with Crippen LogP contribution in [0.2, 0.25) is 0 Å². The third-order valence-electron chi connectivity index (χ3n) is 5.86. The molecule has 2 amide bonds. The monoisotopic (exact) mass is 454 g/mol. The number of amides is 2. The number of rotatable bonds is 8. The van der Waals surface area contributed by atoms with Gasteiger partial charge in [0.1, 0.15) is 11.4 Å². The van der Waals surface area contributed by atoms with E-state index in [1.807, 2.05) is 87.5 Å². The van der Waals surface area contributed by atoms with Crippen LogP contribution < -0.4 is 10.1 Å². The van der Waals surface area contributed by atoms with Gasteiger partial charge in [0.2, 0.25) is 0 Å². The zero-order valence-corrected chi connectivity index (χ0v) is 20.1. The maximum Gasteiger partial charge on any atom is 0.278 e. The first kappa shape index (κ1) is 23.3. The van der Waals surface area contributed by atoms with E-state index in [9.17, 15) is 9.59 Å². The Hall–Kier alpha value is -3.86. The molecule has 3 aromatic carbocycles. The highest BCUT2D eigenvalue weighted by molar-refractivity contribution is 6.36. The Bertz CT molecular complexity index is 1260. The van der Waals surface area contributed by atoms with E-state index >= 15 is 0 Å². The quantitative estimate of drug-likeness (QED) is 0.438. The fraction of sp³-hybridized carbons (Fsp3) is 0.241. The highest BCUT2D eigenvalue weighted by atomic mass is 16.5. The third-order valence-corrected chi connectivity index (χ3v) is 5.86. The topological polar surface area (TPSA) is 58.6 Å². The first-order chi connectivity index (χ1) is 16.4. The molecule has 5 nitrogen and oxygen atoms in total. The summed E-state index contributed by atoms with van der Waals surface area (Å²) in [5.41, 5.74) is 6.23. The van der Waals surface area contributed by atoms with E-state index in [4.69, 9.17) is 4.74 Å². The van der Waals surface area contributed by atoms with Crippen LogP contribution in [0.15, 0.2) is 72.4 Å². The van der Waals surface area contributed by atoms with Gasteiger partial charge < -0.3 is 10.1 Å². The van der Waals surface area contributed by atoms with E-state index < -0.39 is 0 Å². The number of carbonyl (C=O) groups is 2. The molecule has 0 bridgehead atoms. The van der Waals surface area contributed by atoms with Crippen LogP contribution in [0.5, 0.6) is 5.75 Å². The Morgan fingerprint density at radius 3 is 2.29 bits per heavy atom. The van der Waals surface area contributed by atoms with Gasteiger partial charge in [-0.25, -0.2) is 0 Å². The lowest BCUT2D eigenvalue weighted by Crippen LogP contribution is -2.32. The van der Waals surface area contributed by atoms with Gasteiger partial charge in [-0.15, -0.1) is 0 Å². The molecule has 1 N–H and O–H groups in total. The second-order valence-electron chi connectivity index (χ2n) is 8.75. The molecule has 0 fully saturated rings. The van der Waals surface area contributed by atoms with Crippen LogP contribution in [0.4, 0.5) is 5.69 Å². The number of nitrogens with zero attached hydrogens (tertiary/aromatic N) is 1. The van der Waals surface area contributed by atoms with Crippen LogP contribution in [0, 0.1) is 20.8 Å². The third kappa shape index (κ3) is 4.88. The number of benzene rings is 3. The molecule has 174 valence electrons. The number of imide groups is 1. The van der Waals surface area contributed by atoms with Gasteiger partial charge in [0, 0.05) is 11.8 Å². The van der Waals surface area contributed by atoms with Gasteiger partial charge in [0.05, 0.1) is 18.7 Å². The number of carbonyl (C=O) groups excluding carboxylic acids is 2. The van der Waals surface area contributed by atoms with Gasteiger partial charge in [0.15, 0.2) is 0 Å². The Kier molecular flexibility index (Phi) is 6.82. The second kappa shape index (κ2) is 9.96. The molecule has 0 saturated carbocycles. The van der Waals surface area contributed by atoms with Gasteiger partial charge in [-0.05, 0) is 56.0 Å². The van der Waals surface area contributed by atoms with Crippen LogP contribution in [0.3, 0.4) is 0 Å². The van der Waals surface area contributed by atoms with Crippen molar-refractivity contribution in [2.75, 3.05) is 11.9 Å². The largest absolute Gasteiger partial charge is 0.494 e. The van der Waals surface area contributed by atoms with Crippen LogP contribution in [-0.2, 0) is 16.1 Å². The standard InChI is InChI=1S/C29H30N2O3/c1-5-15-34-24-8-6-7-23(17-24)30-27-26(25-14-11-20(3)16-21(25)4)28(32)31(29(27)33)18-22-12-9-19(2)10-13-22/h6-14,16-17,30H,5,15,18H2,1-4H3. The fourth-order valence-corrected chi connectivity index (χ4v) is 4.08. The fourth-order valence-electron chi connectivity index (χ4n) is 4.08. The zero-order chi connectivity index (χ0) is 24.2. The van der Waals surface area contributed by atoms with E-state index in [1.54, 1.807) is 0 Å². The molecule has 3 aromatic rings. The second-order valence-corrected chi connectivity index (χ2v) is 8.75. The molecule has 0 aromatic heterocycles. The Labute approximate surface area is 201 Å². The van der Waals surface area contributed by atoms with Crippen LogP contribution in [0.25, 0.3) is 5.57 Å². The number of anilines is 1. The van der Waals surface area contributed by atoms with Crippen molar-refractivity contribution in [1.29, 1.82) is 0 Å². The summed E-state index contributed by atoms with van der Waals surface area (Å²) in [5, 5.41) is 3.24. The molecule has 5 heteroatoms. The average Bonchev–Trinajstić information content (AvgIpc) is 3.04. The Balaban J connectivity index is 1.73. The molecule has 34 heavy (non-hydrogen) atoms. The van der Waals surface area contributed by atoms with Gasteiger partial charge in [-0.3, -0.25) is 14.5 Å². The molecule has 1 aliphatic rings. The van der Waals surface area contributed by atoms with Crippen molar-refractivity contribution < 1.29 is 14.3 Å². The van der Waals surface area contributed by atoms with Crippen molar-refractivity contribution in [3.8, 4) is 5.75 Å². The summed E-state index contributed by atoms with van der Waals surface area (Å²) in [6.45, 7) is 8.87. The highest BCUT2D eigenvalue weighted by Crippen LogP contribution is 2.34. The van der Waals surface area contributed by atoms with Gasteiger partial charge in [-0.1, -0.05) is 66.6 Å². The van der Waals surface area contributed by atoms with Crippen LogP contribution in [-0.4, -0.2) is 23.3 Å². The van der Waals surface area contributed by atoms with E-state index in [-0.39, 0.29) is 24.1 Å². The molecular weight excluding hydrogens is 424 g/mol. The zero-order valence-electron chi connectivity index (χ0n) is 20.1. The molecule has 0 saturated heterocycles. The van der Waals surface area contributed by atoms with Gasteiger partial charge >= 0.3 is 0 Å². The van der Waals surface area contributed by atoms with Crippen molar-refractivity contribution in [3.05, 3.63) is 100 Å². The molecular formula is C29H30N2O3. The molecule has 0 radical (unpaired) electrons. The lowest BCUT2D eigenvalue weighted by Gasteiger charge is -2.16. The first-order valence-corrected chi connectivity index (χ1v) is 11.6. The highest BCUT2D eigenvalue weighted by Gasteiger charge is 2.39. The predicted octanol–water partition coefficient (Wildman–Crippen LogP) is 5.79. The Morgan fingerprint density at radius 2 is 1.59 bits per heavy atom. The smallest absolute Gasteiger partial charge is 0.278 e. The molecule has 1 aliphatic heterocycles. The summed E-state index contributed by atoms with van der Waals surface area (Å²) >= 11 is 0. The minimum absolute atomic E-state index is 0.219. The number of aryl methyl sites for hydroxylation is 3. The molecule has 1 heterocycles. The van der Waals surface area contributed by atoms with E-state index in [0.29, 0.717) is 23.6 Å². The maximum absolute atomic E-state index is 13.6. The van der Waals surface area contributed by atoms with E-state index in [0.717, 1.165) is 34.2 Å². The minimum atomic E-state index is -0.333. The average molecular weight is 455 g/mol. The minimum Gasteiger partial charge on any atom is -0.494 e. The van der Waals surface area contributed by atoms with Crippen molar-refractivity contribution >= 4 is 23.1 Å². The summed E-state index contributed by atoms with van der Waals surface area (Å²) in [7, 11) is 0. The SMILES string of the molecule is CCCOc1cccc(NC2=C(c3ccc(C)cc3C)C(=O)N(Cc3ccc(C)cc3)C2=O)c1. The van der Waals surface area contributed by atoms with Gasteiger partial charge in [0.25, 0.3) is 11.8 Å². The molecule has 0 atom stereocenters. The number of hydrogen-bond acceptors (Lipinski definition) is 4. The van der Waals surface area contributed by atoms with Crippen molar-refractivity contribution in [2.45, 2.75) is 40.7 Å². The molecule has 0 unspecified atom stereocenters. The molecule has 4 rings (SSSR count). The van der Waals surface area contributed by atoms with Crippen molar-refractivity contribution in [2.24, 2.45) is 0 Å². The predicted molar refractivity (Wildman–Crippen MR) is 135 cm³/mol. The van der Waals surface area contributed by atoms with Crippen LogP contribution >= 0.6 is 0 Å². The normalized spacial score (nSPS) is 13.6. The summed E-state index contributed by atoms with van der Waals surface area (Å²) in [6.07, 6.45) is 0.903. The number of hydrogen-bond donors (Lipinski definition) is 1. The van der Waals surface area contributed by atoms with Crippen molar-refractivity contribution in [1.82, 2.24) is 4.90 Å². The summed E-state index contributed by atoms with van der Waals surface area (Å²) in [4.78, 5) is 28.5. The summed E-state index contributed by atoms with van der Waals surface area (Å²) < 4.78 is 5.74. The van der Waals surface area contributed by atoms with Crippen molar-refractivity contribution in [3.63, 3.8) is 0 Å². The number of ether oxygens (including phenoxy) is 1. The van der Waals surface area contributed by atoms with Crippen LogP contribution in [0.1, 0.15) is 41.2 Å². The lowest BCUT2D eigenvalue weighted by atomic mass is 9.97. The lowest BCUT2D eigenvalue weighted by molar-refractivity contribution is -0.137. The van der Waals surface area contributed by atoms with E-state index in [2.05, 4.69) is 12.2 Å². The summed E-state index contributed by atoms with van der Waals surface area (Å²) in [5.74, 6) is 0.0904. The first-order valence-electron chi connectivity index (χ1n) is 11.6. The maximum atomic E-state index is 13.6. The van der Waals surface area contributed by atoms with Gasteiger partial charge in [-0.2, -0.15) is 0 Å². The number of nitrogens with one attached hydrogen (secondary N) is 1. The molecule has 0 aliphatic carbocycles. The van der Waals surface area contributed by atoms with E-state index in [1.165, 1.54) is 4.90 Å². The molecule has 0 spiro atoms. The Morgan fingerprint density at radius 1 is 0.853 bits per heavy atom.